The summed E-state index contributed by atoms with van der Waals surface area (Å²) in [6.07, 6.45) is 3.19. The summed E-state index contributed by atoms with van der Waals surface area (Å²) in [5.41, 5.74) is -1.01. The number of hydrogen-bond acceptors (Lipinski definition) is 3. The van der Waals surface area contributed by atoms with E-state index in [0.717, 1.165) is 0 Å². The van der Waals surface area contributed by atoms with Crippen molar-refractivity contribution in [3.63, 3.8) is 0 Å². The molecule has 0 atom stereocenters. The lowest BCUT2D eigenvalue weighted by molar-refractivity contribution is 0.859. The van der Waals surface area contributed by atoms with Crippen LogP contribution < -0.4 is 0 Å². The Kier molecular flexibility index (Phi) is 1.80. The van der Waals surface area contributed by atoms with Crippen molar-refractivity contribution in [3.05, 3.63) is 23.0 Å². The maximum atomic E-state index is 8.56. The van der Waals surface area contributed by atoms with Gasteiger partial charge in [-0.3, -0.25) is 0 Å². The third-order valence-electron chi connectivity index (χ3n) is 1.19. The summed E-state index contributed by atoms with van der Waals surface area (Å²) in [6, 6.07) is 3.84. The fourth-order valence-electron chi connectivity index (χ4n) is 0.568. The molecular weight excluding hydrogens is 144 g/mol. The van der Waals surface area contributed by atoms with E-state index in [9.17, 15) is 0 Å². The van der Waals surface area contributed by atoms with E-state index in [1.54, 1.807) is 23.0 Å². The lowest BCUT2D eigenvalue weighted by atomic mass is 9.93. The van der Waals surface area contributed by atoms with Crippen molar-refractivity contribution >= 4 is 11.8 Å². The Morgan fingerprint density at radius 1 is 1.10 bits per heavy atom. The molecule has 0 spiro atoms. The highest BCUT2D eigenvalue weighted by Gasteiger charge is 2.23. The molecule has 0 aliphatic carbocycles. The van der Waals surface area contributed by atoms with Crippen molar-refractivity contribution in [1.82, 2.24) is 0 Å². The molecule has 2 nitrogen and oxygen atoms in total. The molecule has 0 saturated carbocycles. The number of nitriles is 2. The van der Waals surface area contributed by atoms with Crippen LogP contribution in [0.25, 0.3) is 0 Å². The summed E-state index contributed by atoms with van der Waals surface area (Å²) >= 11 is 1.46. The van der Waals surface area contributed by atoms with Crippen LogP contribution in [0.2, 0.25) is 0 Å². The summed E-state index contributed by atoms with van der Waals surface area (Å²) in [5.74, 6) is 0. The molecule has 0 aromatic carbocycles. The predicted octanol–water partition coefficient (Wildman–Crippen LogP) is 1.79. The number of hydrogen-bond donors (Lipinski definition) is 0. The van der Waals surface area contributed by atoms with Gasteiger partial charge in [0.05, 0.1) is 12.1 Å². The van der Waals surface area contributed by atoms with Crippen LogP contribution >= 0.6 is 11.8 Å². The highest BCUT2D eigenvalue weighted by molar-refractivity contribution is 8.04. The molecule has 0 aromatic heterocycles. The quantitative estimate of drug-likeness (QED) is 0.526. The van der Waals surface area contributed by atoms with Crippen LogP contribution in [0.1, 0.15) is 0 Å². The van der Waals surface area contributed by atoms with Crippen molar-refractivity contribution < 1.29 is 0 Å². The molecule has 0 bridgehead atoms. The monoisotopic (exact) mass is 148 g/mol. The van der Waals surface area contributed by atoms with E-state index >= 15 is 0 Å². The Labute approximate surface area is 63.5 Å². The normalized spacial score (nSPS) is 19.4. The Bertz CT molecular complexity index is 236. The van der Waals surface area contributed by atoms with Crippen molar-refractivity contribution in [3.8, 4) is 12.1 Å². The first-order valence-electron chi connectivity index (χ1n) is 2.66. The maximum absolute atomic E-state index is 8.56. The molecule has 1 rings (SSSR count). The number of allylic oxidation sites excluding steroid dienone is 2. The van der Waals surface area contributed by atoms with Crippen LogP contribution in [-0.2, 0) is 0 Å². The second-order valence-corrected chi connectivity index (χ2v) is 2.65. The highest BCUT2D eigenvalue weighted by Crippen LogP contribution is 2.26. The molecule has 48 valence electrons. The molecule has 0 saturated heterocycles. The molecule has 0 unspecified atom stereocenters. The molecule has 10 heavy (non-hydrogen) atoms. The van der Waals surface area contributed by atoms with Gasteiger partial charge in [-0.1, -0.05) is 0 Å². The fraction of sp³-hybridized carbons (Fsp3) is 0.143. The maximum Gasteiger partial charge on any atom is 0.181 e. The first-order chi connectivity index (χ1) is 4.83. The Morgan fingerprint density at radius 3 is 1.90 bits per heavy atom. The summed E-state index contributed by atoms with van der Waals surface area (Å²) in [4.78, 5) is 0. The van der Waals surface area contributed by atoms with Crippen molar-refractivity contribution in [2.24, 2.45) is 5.41 Å². The zero-order valence-electron chi connectivity index (χ0n) is 5.11. The molecule has 1 aliphatic rings. The SMILES string of the molecule is N#CC1(C#N)C=CSC=C1. The second-order valence-electron chi connectivity index (χ2n) is 1.83. The molecule has 3 heteroatoms. The summed E-state index contributed by atoms with van der Waals surface area (Å²) in [6.45, 7) is 0. The lowest BCUT2D eigenvalue weighted by Crippen LogP contribution is -2.08. The van der Waals surface area contributed by atoms with E-state index in [-0.39, 0.29) is 0 Å². The largest absolute Gasteiger partial charge is 0.196 e. The van der Waals surface area contributed by atoms with Gasteiger partial charge >= 0.3 is 0 Å². The van der Waals surface area contributed by atoms with Crippen LogP contribution in [0, 0.1) is 28.1 Å². The van der Waals surface area contributed by atoms with Crippen LogP contribution in [-0.4, -0.2) is 0 Å². The predicted molar refractivity (Wildman–Crippen MR) is 39.5 cm³/mol. The zero-order chi connectivity index (χ0) is 7.45. The lowest BCUT2D eigenvalue weighted by Gasteiger charge is -2.09. The number of nitrogens with zero attached hydrogens (tertiary/aromatic N) is 2. The molecule has 0 aromatic rings. The molecule has 0 amide bonds. The molecule has 1 aliphatic heterocycles. The minimum Gasteiger partial charge on any atom is -0.196 e. The van der Waals surface area contributed by atoms with Gasteiger partial charge in [-0.2, -0.15) is 10.5 Å². The number of thioether (sulfide) groups is 1. The first-order valence-corrected chi connectivity index (χ1v) is 3.61. The Hall–Kier alpha value is -1.19. The Balaban J connectivity index is 2.98. The summed E-state index contributed by atoms with van der Waals surface area (Å²) in [5, 5.41) is 20.6. The van der Waals surface area contributed by atoms with Gasteiger partial charge in [-0.15, -0.1) is 11.8 Å². The highest BCUT2D eigenvalue weighted by atomic mass is 32.2. The summed E-state index contributed by atoms with van der Waals surface area (Å²) in [7, 11) is 0. The molecule has 1 heterocycles. The second kappa shape index (κ2) is 2.60. The van der Waals surface area contributed by atoms with E-state index < -0.39 is 5.41 Å². The van der Waals surface area contributed by atoms with E-state index in [0.29, 0.717) is 0 Å². The topological polar surface area (TPSA) is 47.6 Å². The third kappa shape index (κ3) is 1.05. The smallest absolute Gasteiger partial charge is 0.181 e. The van der Waals surface area contributed by atoms with Gasteiger partial charge in [-0.05, 0) is 23.0 Å². The van der Waals surface area contributed by atoms with Gasteiger partial charge < -0.3 is 0 Å². The van der Waals surface area contributed by atoms with Crippen molar-refractivity contribution in [2.75, 3.05) is 0 Å². The van der Waals surface area contributed by atoms with Gasteiger partial charge in [0.2, 0.25) is 0 Å². The van der Waals surface area contributed by atoms with E-state index in [4.69, 9.17) is 10.5 Å². The van der Waals surface area contributed by atoms with Crippen molar-refractivity contribution in [1.29, 1.82) is 10.5 Å². The third-order valence-corrected chi connectivity index (χ3v) is 1.78. The van der Waals surface area contributed by atoms with Gasteiger partial charge in [0.25, 0.3) is 0 Å². The standard InChI is InChI=1S/C7H4N2S/c8-5-7(6-9)1-3-10-4-2-7/h1-4H. The molecular formula is C7H4N2S. The van der Waals surface area contributed by atoms with E-state index in [2.05, 4.69) is 0 Å². The first kappa shape index (κ1) is 6.92. The Morgan fingerprint density at radius 2 is 1.60 bits per heavy atom. The van der Waals surface area contributed by atoms with Gasteiger partial charge in [-0.25, -0.2) is 0 Å². The van der Waals surface area contributed by atoms with Gasteiger partial charge in [0, 0.05) is 0 Å². The van der Waals surface area contributed by atoms with E-state index in [1.165, 1.54) is 11.8 Å². The zero-order valence-corrected chi connectivity index (χ0v) is 5.93. The van der Waals surface area contributed by atoms with Crippen LogP contribution in [0.3, 0.4) is 0 Å². The van der Waals surface area contributed by atoms with E-state index in [1.807, 2.05) is 12.1 Å². The summed E-state index contributed by atoms with van der Waals surface area (Å²) < 4.78 is 0. The molecule has 0 radical (unpaired) electrons. The average Bonchev–Trinajstić information content (AvgIpc) is 2.06. The van der Waals surface area contributed by atoms with Crippen LogP contribution in [0.5, 0.6) is 0 Å². The van der Waals surface area contributed by atoms with Crippen LogP contribution in [0.15, 0.2) is 23.0 Å². The fourth-order valence-corrected chi connectivity index (χ4v) is 1.25. The van der Waals surface area contributed by atoms with Crippen LogP contribution in [0.4, 0.5) is 0 Å². The minimum absolute atomic E-state index is 1.01. The van der Waals surface area contributed by atoms with Crippen molar-refractivity contribution in [2.45, 2.75) is 0 Å². The minimum atomic E-state index is -1.01. The molecule has 0 N–H and O–H groups in total. The van der Waals surface area contributed by atoms with Gasteiger partial charge in [0.15, 0.2) is 5.41 Å². The molecule has 0 fully saturated rings. The van der Waals surface area contributed by atoms with Gasteiger partial charge in [0.1, 0.15) is 0 Å². The number of rotatable bonds is 0. The average molecular weight is 148 g/mol.